The Morgan fingerprint density at radius 2 is 1.97 bits per heavy atom. The maximum Gasteiger partial charge on any atom is 0.302 e. The number of ether oxygens (including phenoxy) is 1. The molecule has 0 unspecified atom stereocenters. The number of nitrogens with one attached hydrogen (secondary N) is 1. The van der Waals surface area contributed by atoms with Crippen LogP contribution in [0.15, 0.2) is 76.0 Å². The average molecular weight is 465 g/mol. The summed E-state index contributed by atoms with van der Waals surface area (Å²) < 4.78 is 11.8. The number of aromatic nitrogens is 2. The Labute approximate surface area is 194 Å². The van der Waals surface area contributed by atoms with Crippen molar-refractivity contribution in [2.75, 3.05) is 23.1 Å². The van der Waals surface area contributed by atoms with Gasteiger partial charge in [-0.05, 0) is 42.8 Å². The van der Waals surface area contributed by atoms with E-state index in [2.05, 4.69) is 15.6 Å². The molecule has 33 heavy (non-hydrogen) atoms. The van der Waals surface area contributed by atoms with Gasteiger partial charge in [-0.2, -0.15) is 0 Å². The molecule has 0 fully saturated rings. The van der Waals surface area contributed by atoms with Crippen molar-refractivity contribution in [2.45, 2.75) is 13.5 Å². The first kappa shape index (κ1) is 22.3. The number of nitrogens with zero attached hydrogens (tertiary/aromatic N) is 4. The molecular weight excluding hydrogens is 442 g/mol. The number of amidine groups is 1. The molecule has 3 aromatic rings. The van der Waals surface area contributed by atoms with E-state index in [1.54, 1.807) is 24.1 Å². The van der Waals surface area contributed by atoms with Crippen molar-refractivity contribution in [1.29, 1.82) is 0 Å². The number of carbonyl (C=O) groups is 2. The van der Waals surface area contributed by atoms with Crippen LogP contribution in [0.2, 0.25) is 0 Å². The number of hydrogen-bond acceptors (Lipinski definition) is 7. The topological polar surface area (TPSA) is 101 Å². The van der Waals surface area contributed by atoms with Crippen molar-refractivity contribution >= 4 is 46.4 Å². The first-order chi connectivity index (χ1) is 16.1. The molecule has 1 N–H and O–H groups in total. The third-order valence-electron chi connectivity index (χ3n) is 4.69. The maximum atomic E-state index is 13.2. The zero-order valence-electron chi connectivity index (χ0n) is 18.1. The lowest BCUT2D eigenvalue weighted by Crippen LogP contribution is -2.33. The van der Waals surface area contributed by atoms with Crippen LogP contribution in [-0.2, 0) is 16.1 Å². The standard InChI is InChI=1S/C23H21N5O4S/c1-3-27-14-21(32-26-27)25-20(29)15-33-23-24-19(13-16-9-11-18(31-2)12-10-16)22(30)28(23)17-7-5-4-6-8-17/h4-14H,3,15H2,1-2H3/p+1/b19-13+. The minimum absolute atomic E-state index is 0.0398. The summed E-state index contributed by atoms with van der Waals surface area (Å²) in [4.78, 5) is 31.6. The van der Waals surface area contributed by atoms with E-state index in [-0.39, 0.29) is 29.1 Å². The predicted molar refractivity (Wildman–Crippen MR) is 126 cm³/mol. The van der Waals surface area contributed by atoms with Gasteiger partial charge >= 0.3 is 5.88 Å². The van der Waals surface area contributed by atoms with Gasteiger partial charge in [0.25, 0.3) is 12.1 Å². The van der Waals surface area contributed by atoms with E-state index < -0.39 is 0 Å². The lowest BCUT2D eigenvalue weighted by atomic mass is 10.2. The molecule has 1 aliphatic heterocycles. The van der Waals surface area contributed by atoms with E-state index in [1.807, 2.05) is 61.5 Å². The smallest absolute Gasteiger partial charge is 0.302 e. The molecule has 0 spiro atoms. The number of rotatable bonds is 7. The van der Waals surface area contributed by atoms with Crippen LogP contribution in [0.3, 0.4) is 0 Å². The predicted octanol–water partition coefficient (Wildman–Crippen LogP) is 3.11. The monoisotopic (exact) mass is 464 g/mol. The van der Waals surface area contributed by atoms with E-state index in [1.165, 1.54) is 4.90 Å². The molecule has 0 aliphatic carbocycles. The summed E-state index contributed by atoms with van der Waals surface area (Å²) in [5, 5.41) is 6.85. The maximum absolute atomic E-state index is 13.2. The van der Waals surface area contributed by atoms with Crippen molar-refractivity contribution in [3.05, 3.63) is 72.1 Å². The van der Waals surface area contributed by atoms with Gasteiger partial charge in [0.2, 0.25) is 11.2 Å². The summed E-state index contributed by atoms with van der Waals surface area (Å²) in [5.74, 6) is 0.460. The number of carbonyl (C=O) groups excluding carboxylic acids is 2. The normalized spacial score (nSPS) is 14.5. The molecule has 0 atom stereocenters. The van der Waals surface area contributed by atoms with Crippen molar-refractivity contribution in [1.82, 2.24) is 5.27 Å². The number of para-hydroxylation sites is 1. The fourth-order valence-electron chi connectivity index (χ4n) is 3.04. The van der Waals surface area contributed by atoms with Crippen LogP contribution in [0.1, 0.15) is 12.5 Å². The SMILES string of the molecule is CC[n+]1cc(NC(=O)CSC2=N/C(=C/c3ccc(OC)cc3)C(=O)N2c2ccccc2)on1. The molecule has 2 aromatic carbocycles. The van der Waals surface area contributed by atoms with Gasteiger partial charge in [-0.25, -0.2) is 4.99 Å². The van der Waals surface area contributed by atoms with Crippen molar-refractivity contribution in [3.63, 3.8) is 0 Å². The van der Waals surface area contributed by atoms with Crippen molar-refractivity contribution in [2.24, 2.45) is 4.99 Å². The number of aryl methyl sites for hydroxylation is 1. The molecular formula is C23H22N5O4S+. The number of benzene rings is 2. The summed E-state index contributed by atoms with van der Waals surface area (Å²) in [6.45, 7) is 2.54. The fraction of sp³-hybridized carbons (Fsp3) is 0.174. The molecule has 2 amide bonds. The van der Waals surface area contributed by atoms with Crippen LogP contribution in [0.25, 0.3) is 6.08 Å². The van der Waals surface area contributed by atoms with E-state index >= 15 is 0 Å². The Morgan fingerprint density at radius 3 is 2.64 bits per heavy atom. The second kappa shape index (κ2) is 10.1. The molecule has 168 valence electrons. The molecule has 9 nitrogen and oxygen atoms in total. The van der Waals surface area contributed by atoms with Crippen LogP contribution in [-0.4, -0.2) is 35.1 Å². The highest BCUT2D eigenvalue weighted by atomic mass is 32.2. The van der Waals surface area contributed by atoms with Gasteiger partial charge in [-0.1, -0.05) is 46.8 Å². The molecule has 10 heteroatoms. The first-order valence-electron chi connectivity index (χ1n) is 10.2. The molecule has 2 heterocycles. The van der Waals surface area contributed by atoms with Gasteiger partial charge in [0.15, 0.2) is 11.7 Å². The van der Waals surface area contributed by atoms with Crippen LogP contribution < -0.4 is 19.6 Å². The molecule has 0 bridgehead atoms. The highest BCUT2D eigenvalue weighted by molar-refractivity contribution is 8.14. The lowest BCUT2D eigenvalue weighted by molar-refractivity contribution is -0.759. The van der Waals surface area contributed by atoms with Gasteiger partial charge < -0.3 is 4.74 Å². The second-order valence-corrected chi connectivity index (χ2v) is 7.87. The Hall–Kier alpha value is -3.92. The average Bonchev–Trinajstić information content (AvgIpc) is 3.42. The highest BCUT2D eigenvalue weighted by Crippen LogP contribution is 2.29. The Bertz CT molecular complexity index is 1210. The van der Waals surface area contributed by atoms with Crippen LogP contribution >= 0.6 is 11.8 Å². The van der Waals surface area contributed by atoms with E-state index in [4.69, 9.17) is 9.26 Å². The number of amides is 2. The molecule has 0 saturated carbocycles. The van der Waals surface area contributed by atoms with Crippen LogP contribution in [0.4, 0.5) is 11.6 Å². The fourth-order valence-corrected chi connectivity index (χ4v) is 3.86. The van der Waals surface area contributed by atoms with Gasteiger partial charge in [-0.3, -0.25) is 24.3 Å². The minimum Gasteiger partial charge on any atom is -0.497 e. The van der Waals surface area contributed by atoms with Gasteiger partial charge in [0.1, 0.15) is 11.4 Å². The lowest BCUT2D eigenvalue weighted by Gasteiger charge is -2.17. The largest absolute Gasteiger partial charge is 0.497 e. The number of thioether (sulfide) groups is 1. The quantitative estimate of drug-likeness (QED) is 0.426. The van der Waals surface area contributed by atoms with Gasteiger partial charge in [-0.15, -0.1) is 0 Å². The number of aliphatic imine (C=N–C) groups is 1. The summed E-state index contributed by atoms with van der Waals surface area (Å²) in [6.07, 6.45) is 3.31. The zero-order chi connectivity index (χ0) is 23.2. The summed E-state index contributed by atoms with van der Waals surface area (Å²) in [5.41, 5.74) is 1.77. The molecule has 4 rings (SSSR count). The highest BCUT2D eigenvalue weighted by Gasteiger charge is 2.32. The number of hydrogen-bond donors (Lipinski definition) is 1. The van der Waals surface area contributed by atoms with E-state index in [9.17, 15) is 9.59 Å². The van der Waals surface area contributed by atoms with Crippen molar-refractivity contribution in [3.8, 4) is 5.75 Å². The van der Waals surface area contributed by atoms with Crippen LogP contribution in [0, 0.1) is 0 Å². The van der Waals surface area contributed by atoms with Crippen LogP contribution in [0.5, 0.6) is 5.75 Å². The zero-order valence-corrected chi connectivity index (χ0v) is 18.9. The first-order valence-corrected chi connectivity index (χ1v) is 11.2. The Balaban J connectivity index is 1.53. The number of methoxy groups -OCH3 is 1. The summed E-state index contributed by atoms with van der Waals surface area (Å²) in [6, 6.07) is 16.5. The Morgan fingerprint density at radius 1 is 1.21 bits per heavy atom. The van der Waals surface area contributed by atoms with Gasteiger partial charge in [0.05, 0.1) is 18.6 Å². The summed E-state index contributed by atoms with van der Waals surface area (Å²) in [7, 11) is 1.60. The van der Waals surface area contributed by atoms with Gasteiger partial charge in [0, 0.05) is 0 Å². The molecule has 1 aliphatic rings. The minimum atomic E-state index is -0.296. The van der Waals surface area contributed by atoms with Crippen molar-refractivity contribution < 1.29 is 23.5 Å². The molecule has 0 saturated heterocycles. The third-order valence-corrected chi connectivity index (χ3v) is 5.63. The molecule has 0 radical (unpaired) electrons. The second-order valence-electron chi connectivity index (χ2n) is 6.93. The molecule has 1 aromatic heterocycles. The third kappa shape index (κ3) is 5.29. The van der Waals surface area contributed by atoms with E-state index in [0.717, 1.165) is 23.1 Å². The Kier molecular flexibility index (Phi) is 6.84. The number of anilines is 2. The summed E-state index contributed by atoms with van der Waals surface area (Å²) >= 11 is 1.16. The van der Waals surface area contributed by atoms with E-state index in [0.29, 0.717) is 17.4 Å².